The normalized spacial score (nSPS) is 14.1. The third kappa shape index (κ3) is 3.47. The molecule has 2 aromatic rings. The van der Waals surface area contributed by atoms with Crippen LogP contribution in [-0.4, -0.2) is 26.4 Å². The highest BCUT2D eigenvalue weighted by molar-refractivity contribution is 7.99. The molecule has 3 rings (SSSR count). The van der Waals surface area contributed by atoms with E-state index < -0.39 is 0 Å². The molecule has 0 unspecified atom stereocenters. The zero-order chi connectivity index (χ0) is 15.5. The standard InChI is InChI=1S/C15H17FN4OS/c1-20-14(10-6-7-10)18-19-15(20)22-9-13(21)17-8-11-4-2-3-5-12(11)16/h2-5,10H,6-9H2,1H3,(H,17,21). The van der Waals surface area contributed by atoms with E-state index in [1.54, 1.807) is 18.2 Å². The SMILES string of the molecule is Cn1c(SCC(=O)NCc2ccccc2F)nnc1C1CC1. The van der Waals surface area contributed by atoms with Crippen LogP contribution in [0.2, 0.25) is 0 Å². The van der Waals surface area contributed by atoms with Crippen LogP contribution in [0.1, 0.15) is 30.1 Å². The molecule has 0 saturated heterocycles. The van der Waals surface area contributed by atoms with Crippen molar-refractivity contribution in [1.82, 2.24) is 20.1 Å². The van der Waals surface area contributed by atoms with Crippen LogP contribution in [0.5, 0.6) is 0 Å². The number of amides is 1. The van der Waals surface area contributed by atoms with Crippen LogP contribution in [0.25, 0.3) is 0 Å². The Hall–Kier alpha value is -1.89. The molecule has 1 saturated carbocycles. The van der Waals surface area contributed by atoms with Gasteiger partial charge in [-0.2, -0.15) is 0 Å². The molecular formula is C15H17FN4OS. The highest BCUT2D eigenvalue weighted by Crippen LogP contribution is 2.39. The lowest BCUT2D eigenvalue weighted by Gasteiger charge is -2.06. The van der Waals surface area contributed by atoms with Crippen LogP contribution in [0, 0.1) is 5.82 Å². The molecule has 7 heteroatoms. The second-order valence-corrected chi connectivity index (χ2v) is 6.27. The number of hydrogen-bond acceptors (Lipinski definition) is 4. The smallest absolute Gasteiger partial charge is 0.230 e. The first-order valence-corrected chi connectivity index (χ1v) is 8.16. The zero-order valence-electron chi connectivity index (χ0n) is 12.3. The second kappa shape index (κ2) is 6.48. The fourth-order valence-corrected chi connectivity index (χ4v) is 2.91. The average molecular weight is 320 g/mol. The van der Waals surface area contributed by atoms with E-state index in [2.05, 4.69) is 15.5 Å². The van der Waals surface area contributed by atoms with E-state index in [0.29, 0.717) is 11.5 Å². The number of carbonyl (C=O) groups excluding carboxylic acids is 1. The van der Waals surface area contributed by atoms with E-state index >= 15 is 0 Å². The quantitative estimate of drug-likeness (QED) is 0.829. The maximum atomic E-state index is 13.4. The van der Waals surface area contributed by atoms with Crippen LogP contribution in [0.4, 0.5) is 4.39 Å². The lowest BCUT2D eigenvalue weighted by atomic mass is 10.2. The highest BCUT2D eigenvalue weighted by Gasteiger charge is 2.29. The molecule has 5 nitrogen and oxygen atoms in total. The number of nitrogens with one attached hydrogen (secondary N) is 1. The fraction of sp³-hybridized carbons (Fsp3) is 0.400. The summed E-state index contributed by atoms with van der Waals surface area (Å²) < 4.78 is 15.4. The van der Waals surface area contributed by atoms with Crippen molar-refractivity contribution in [2.75, 3.05) is 5.75 Å². The van der Waals surface area contributed by atoms with Gasteiger partial charge in [0.25, 0.3) is 0 Å². The molecule has 0 spiro atoms. The molecule has 1 aromatic carbocycles. The largest absolute Gasteiger partial charge is 0.351 e. The van der Waals surface area contributed by atoms with Crippen LogP contribution < -0.4 is 5.32 Å². The van der Waals surface area contributed by atoms with E-state index in [4.69, 9.17) is 0 Å². The number of benzene rings is 1. The van der Waals surface area contributed by atoms with E-state index in [0.717, 1.165) is 11.0 Å². The topological polar surface area (TPSA) is 59.8 Å². The number of nitrogens with zero attached hydrogens (tertiary/aromatic N) is 3. The first-order valence-electron chi connectivity index (χ1n) is 7.17. The number of rotatable bonds is 6. The van der Waals surface area contributed by atoms with E-state index in [-0.39, 0.29) is 24.0 Å². The Morgan fingerprint density at radius 2 is 2.18 bits per heavy atom. The number of carbonyl (C=O) groups is 1. The first-order chi connectivity index (χ1) is 10.6. The van der Waals surface area contributed by atoms with Gasteiger partial charge in [-0.05, 0) is 18.9 Å². The molecule has 116 valence electrons. The van der Waals surface area contributed by atoms with Crippen molar-refractivity contribution in [3.05, 3.63) is 41.5 Å². The minimum atomic E-state index is -0.308. The molecule has 1 N–H and O–H groups in total. The minimum absolute atomic E-state index is 0.149. The Morgan fingerprint density at radius 3 is 2.91 bits per heavy atom. The van der Waals surface area contributed by atoms with E-state index in [1.165, 1.54) is 30.7 Å². The Kier molecular flexibility index (Phi) is 4.42. The summed E-state index contributed by atoms with van der Waals surface area (Å²) in [5, 5.41) is 11.7. The fourth-order valence-electron chi connectivity index (χ4n) is 2.17. The van der Waals surface area contributed by atoms with Crippen LogP contribution in [0.15, 0.2) is 29.4 Å². The first kappa shape index (κ1) is 15.0. The van der Waals surface area contributed by atoms with Crippen molar-refractivity contribution >= 4 is 17.7 Å². The summed E-state index contributed by atoms with van der Waals surface area (Å²) in [5.41, 5.74) is 0.482. The van der Waals surface area contributed by atoms with Crippen molar-refractivity contribution in [3.63, 3.8) is 0 Å². The lowest BCUT2D eigenvalue weighted by Crippen LogP contribution is -2.25. The minimum Gasteiger partial charge on any atom is -0.351 e. The van der Waals surface area contributed by atoms with Crippen molar-refractivity contribution in [3.8, 4) is 0 Å². The Bertz CT molecular complexity index is 684. The Labute approximate surface area is 132 Å². The molecule has 22 heavy (non-hydrogen) atoms. The summed E-state index contributed by atoms with van der Waals surface area (Å²) in [7, 11) is 1.92. The molecule has 1 aliphatic carbocycles. The zero-order valence-corrected chi connectivity index (χ0v) is 13.1. The summed E-state index contributed by atoms with van der Waals surface area (Å²) in [4.78, 5) is 11.9. The maximum absolute atomic E-state index is 13.4. The summed E-state index contributed by atoms with van der Waals surface area (Å²) in [6, 6.07) is 6.42. The number of halogens is 1. The number of thioether (sulfide) groups is 1. The number of hydrogen-bond donors (Lipinski definition) is 1. The van der Waals surface area contributed by atoms with Gasteiger partial charge in [0.15, 0.2) is 5.16 Å². The maximum Gasteiger partial charge on any atom is 0.230 e. The van der Waals surface area contributed by atoms with Crippen molar-refractivity contribution in [2.24, 2.45) is 7.05 Å². The molecule has 0 aliphatic heterocycles. The monoisotopic (exact) mass is 320 g/mol. The molecule has 0 atom stereocenters. The lowest BCUT2D eigenvalue weighted by molar-refractivity contribution is -0.118. The van der Waals surface area contributed by atoms with Gasteiger partial charge in [0.1, 0.15) is 11.6 Å². The van der Waals surface area contributed by atoms with Crippen LogP contribution >= 0.6 is 11.8 Å². The van der Waals surface area contributed by atoms with Crippen molar-refractivity contribution in [2.45, 2.75) is 30.5 Å². The molecular weight excluding hydrogens is 303 g/mol. The van der Waals surface area contributed by atoms with Gasteiger partial charge in [-0.15, -0.1) is 10.2 Å². The molecule has 1 fully saturated rings. The molecule has 1 amide bonds. The van der Waals surface area contributed by atoms with E-state index in [9.17, 15) is 9.18 Å². The Morgan fingerprint density at radius 1 is 1.41 bits per heavy atom. The van der Waals surface area contributed by atoms with Gasteiger partial charge in [-0.3, -0.25) is 4.79 Å². The molecule has 1 aliphatic rings. The molecule has 0 bridgehead atoms. The van der Waals surface area contributed by atoms with E-state index in [1.807, 2.05) is 11.6 Å². The summed E-state index contributed by atoms with van der Waals surface area (Å²) in [6.07, 6.45) is 2.33. The average Bonchev–Trinajstić information content (AvgIpc) is 3.28. The van der Waals surface area contributed by atoms with Crippen LogP contribution in [0.3, 0.4) is 0 Å². The predicted molar refractivity (Wildman–Crippen MR) is 81.9 cm³/mol. The summed E-state index contributed by atoms with van der Waals surface area (Å²) >= 11 is 1.34. The summed E-state index contributed by atoms with van der Waals surface area (Å²) in [5.74, 6) is 1.31. The molecule has 0 radical (unpaired) electrons. The van der Waals surface area contributed by atoms with Gasteiger partial charge in [0, 0.05) is 25.1 Å². The molecule has 1 aromatic heterocycles. The van der Waals surface area contributed by atoms with Gasteiger partial charge in [0.2, 0.25) is 5.91 Å². The van der Waals surface area contributed by atoms with Gasteiger partial charge in [-0.25, -0.2) is 4.39 Å². The second-order valence-electron chi connectivity index (χ2n) is 5.33. The third-order valence-electron chi connectivity index (χ3n) is 3.58. The van der Waals surface area contributed by atoms with Crippen molar-refractivity contribution in [1.29, 1.82) is 0 Å². The van der Waals surface area contributed by atoms with Gasteiger partial charge >= 0.3 is 0 Å². The predicted octanol–water partition coefficient (Wildman–Crippen LogP) is 2.24. The van der Waals surface area contributed by atoms with Crippen molar-refractivity contribution < 1.29 is 9.18 Å². The van der Waals surface area contributed by atoms with Gasteiger partial charge < -0.3 is 9.88 Å². The summed E-state index contributed by atoms with van der Waals surface area (Å²) in [6.45, 7) is 0.193. The third-order valence-corrected chi connectivity index (χ3v) is 4.60. The molecule has 1 heterocycles. The number of aromatic nitrogens is 3. The van der Waals surface area contributed by atoms with Gasteiger partial charge in [0.05, 0.1) is 5.75 Å². The Balaban J connectivity index is 1.49. The highest BCUT2D eigenvalue weighted by atomic mass is 32.2. The van der Waals surface area contributed by atoms with Gasteiger partial charge in [-0.1, -0.05) is 30.0 Å². The van der Waals surface area contributed by atoms with Crippen LogP contribution in [-0.2, 0) is 18.4 Å².